The Bertz CT molecular complexity index is 2210. The van der Waals surface area contributed by atoms with E-state index in [1.807, 2.05) is 6.07 Å². The molecule has 3 fully saturated rings. The molecule has 1 unspecified atom stereocenters. The topological polar surface area (TPSA) is 170 Å². The maximum Gasteiger partial charge on any atom is 0.417 e. The molecule has 13 nitrogen and oxygen atoms in total. The lowest BCUT2D eigenvalue weighted by Gasteiger charge is -2.65. The first kappa shape index (κ1) is 40.4. The van der Waals surface area contributed by atoms with Gasteiger partial charge in [-0.15, -0.1) is 0 Å². The van der Waals surface area contributed by atoms with Crippen molar-refractivity contribution in [2.24, 2.45) is 16.6 Å². The minimum atomic E-state index is -4.79. The summed E-state index contributed by atoms with van der Waals surface area (Å²) in [7, 11) is 0. The summed E-state index contributed by atoms with van der Waals surface area (Å²) in [6, 6.07) is 11.2. The molecule has 0 radical (unpaired) electrons. The van der Waals surface area contributed by atoms with Crippen LogP contribution in [0.3, 0.4) is 0 Å². The molecule has 1 saturated carbocycles. The quantitative estimate of drug-likeness (QED) is 0.281. The van der Waals surface area contributed by atoms with E-state index in [4.69, 9.17) is 10.5 Å². The number of nitrogens with two attached hydrogens (primary N) is 1. The number of nitrogens with zero attached hydrogens (tertiary/aromatic N) is 6. The number of carbonyl (C=O) groups is 5. The van der Waals surface area contributed by atoms with Crippen LogP contribution in [0.5, 0.6) is 5.75 Å². The Balaban J connectivity index is 1.00. The number of ether oxygens (including phenoxy) is 1. The van der Waals surface area contributed by atoms with Crippen LogP contribution in [-0.4, -0.2) is 100 Å². The van der Waals surface area contributed by atoms with Gasteiger partial charge in [0.05, 0.1) is 39.9 Å². The lowest BCUT2D eigenvalue weighted by atomic mass is 9.48. The fraction of sp³-hybridized carbons (Fsp3) is 0.452. The molecule has 3 aromatic rings. The number of halogens is 3. The summed E-state index contributed by atoms with van der Waals surface area (Å²) in [6.07, 6.45) is -2.56. The number of primary amides is 1. The van der Waals surface area contributed by atoms with Gasteiger partial charge in [-0.2, -0.15) is 18.4 Å². The number of aryl methyl sites for hydroxylation is 1. The van der Waals surface area contributed by atoms with Gasteiger partial charge in [0.15, 0.2) is 0 Å². The third-order valence-electron chi connectivity index (χ3n) is 12.1. The summed E-state index contributed by atoms with van der Waals surface area (Å²) >= 11 is 0. The highest BCUT2D eigenvalue weighted by molar-refractivity contribution is 6.23. The number of nitriles is 1. The zero-order chi connectivity index (χ0) is 41.9. The predicted molar refractivity (Wildman–Crippen MR) is 203 cm³/mol. The molecule has 2 aromatic carbocycles. The molecule has 4 heterocycles. The molecule has 5 amide bonds. The third-order valence-corrected chi connectivity index (χ3v) is 12.1. The van der Waals surface area contributed by atoms with Crippen LogP contribution in [0, 0.1) is 22.2 Å². The molecule has 1 aliphatic carbocycles. The first-order valence-electron chi connectivity index (χ1n) is 19.2. The van der Waals surface area contributed by atoms with E-state index in [0.717, 1.165) is 65.8 Å². The predicted octanol–water partition coefficient (Wildman–Crippen LogP) is 4.82. The van der Waals surface area contributed by atoms with Crippen LogP contribution >= 0.6 is 0 Å². The van der Waals surface area contributed by atoms with E-state index >= 15 is 0 Å². The fourth-order valence-electron chi connectivity index (χ4n) is 9.60. The van der Waals surface area contributed by atoms with Crippen molar-refractivity contribution >= 4 is 35.2 Å². The van der Waals surface area contributed by atoms with E-state index in [1.54, 1.807) is 58.0 Å². The van der Waals surface area contributed by atoms with Gasteiger partial charge in [-0.05, 0) is 74.3 Å². The number of pyridine rings is 1. The van der Waals surface area contributed by atoms with Crippen LogP contribution in [0.4, 0.5) is 18.9 Å². The number of anilines is 1. The summed E-state index contributed by atoms with van der Waals surface area (Å²) in [5.41, 5.74) is 4.10. The second-order valence-electron chi connectivity index (χ2n) is 16.6. The fourth-order valence-corrected chi connectivity index (χ4v) is 9.60. The minimum Gasteiger partial charge on any atom is -0.489 e. The van der Waals surface area contributed by atoms with Crippen LogP contribution in [0.1, 0.15) is 94.9 Å². The Morgan fingerprint density at radius 2 is 1.62 bits per heavy atom. The van der Waals surface area contributed by atoms with Crippen LogP contribution < -0.4 is 15.4 Å². The number of hydrogen-bond donors (Lipinski definition) is 1. The Morgan fingerprint density at radius 3 is 2.24 bits per heavy atom. The van der Waals surface area contributed by atoms with E-state index in [9.17, 15) is 42.4 Å². The highest BCUT2D eigenvalue weighted by Crippen LogP contribution is 2.59. The number of imide groups is 2. The molecule has 304 valence electrons. The lowest BCUT2D eigenvalue weighted by Crippen LogP contribution is -2.77. The molecule has 4 aliphatic rings. The molecular weight excluding hydrogens is 755 g/mol. The van der Waals surface area contributed by atoms with Gasteiger partial charge in [-0.25, -0.2) is 0 Å². The van der Waals surface area contributed by atoms with E-state index in [1.165, 1.54) is 12.3 Å². The number of fused-ring (bicyclic) bond motifs is 1. The van der Waals surface area contributed by atoms with Gasteiger partial charge in [-0.3, -0.25) is 43.7 Å². The number of piperidine rings is 1. The Labute approximate surface area is 333 Å². The normalized spacial score (nSPS) is 23.1. The monoisotopic (exact) mass is 799 g/mol. The molecule has 58 heavy (non-hydrogen) atoms. The largest absolute Gasteiger partial charge is 0.489 e. The van der Waals surface area contributed by atoms with Crippen molar-refractivity contribution in [2.45, 2.75) is 77.7 Å². The average molecular weight is 800 g/mol. The number of hydrogen-bond acceptors (Lipinski definition) is 10. The first-order valence-corrected chi connectivity index (χ1v) is 19.2. The van der Waals surface area contributed by atoms with Gasteiger partial charge in [0, 0.05) is 61.0 Å². The number of benzene rings is 2. The summed E-state index contributed by atoms with van der Waals surface area (Å²) in [5, 5.41) is 9.21. The molecule has 2 saturated heterocycles. The highest BCUT2D eigenvalue weighted by atomic mass is 19.4. The van der Waals surface area contributed by atoms with Crippen molar-refractivity contribution in [3.05, 3.63) is 88.2 Å². The molecule has 2 N–H and O–H groups in total. The Hall–Kier alpha value is -5.82. The van der Waals surface area contributed by atoms with Gasteiger partial charge < -0.3 is 15.4 Å². The van der Waals surface area contributed by atoms with Crippen molar-refractivity contribution in [3.8, 4) is 11.8 Å². The summed E-state index contributed by atoms with van der Waals surface area (Å²) in [4.78, 5) is 77.9. The standard InChI is InChI=1S/C42H44F3N7O6/c1-40(2)38(41(3,4)39(40)58-28-11-8-24(22-46)31(21-28)42(43,44)45)52-33(53)14-13-32(37(52)57)51-35(55)29-12-10-27(20-30(29)36(51)56)50-18-16-49(17-19-50)15-5-6-26-9-7-25(23-48-26)34(47)54/h7-12,20-21,23,32,38-39H,5-6,13-19H2,1-4H3,(H2,47,54). The number of aromatic nitrogens is 1. The molecule has 0 bridgehead atoms. The van der Waals surface area contributed by atoms with Crippen molar-refractivity contribution in [3.63, 3.8) is 0 Å². The van der Waals surface area contributed by atoms with E-state index in [-0.39, 0.29) is 29.7 Å². The van der Waals surface area contributed by atoms with Crippen molar-refractivity contribution in [2.75, 3.05) is 37.6 Å². The summed E-state index contributed by atoms with van der Waals surface area (Å²) in [5.74, 6) is -3.02. The minimum absolute atomic E-state index is 0.0395. The Morgan fingerprint density at radius 1 is 0.931 bits per heavy atom. The average Bonchev–Trinajstić information content (AvgIpc) is 3.43. The summed E-state index contributed by atoms with van der Waals surface area (Å²) in [6.45, 7) is 10.8. The lowest BCUT2D eigenvalue weighted by molar-refractivity contribution is -0.216. The number of rotatable bonds is 10. The van der Waals surface area contributed by atoms with Gasteiger partial charge in [0.1, 0.15) is 17.9 Å². The molecular formula is C42H44F3N7O6. The second kappa shape index (κ2) is 14.8. The number of alkyl halides is 3. The number of amides is 5. The van der Waals surface area contributed by atoms with Crippen LogP contribution in [-0.2, 0) is 22.2 Å². The van der Waals surface area contributed by atoms with Crippen LogP contribution in [0.15, 0.2) is 54.7 Å². The SMILES string of the molecule is CC1(C)C(Oc2ccc(C#N)c(C(F)(F)F)c2)C(C)(C)C1N1C(=O)CCC(N2C(=O)c3ccc(N4CCN(CCCc5ccc(C(N)=O)cn5)CC4)cc3C2=O)C1=O. The third kappa shape index (κ3) is 7.05. The molecule has 16 heteroatoms. The van der Waals surface area contributed by atoms with Crippen LogP contribution in [0.2, 0.25) is 0 Å². The van der Waals surface area contributed by atoms with E-state index in [0.29, 0.717) is 18.7 Å². The van der Waals surface area contributed by atoms with E-state index < -0.39 is 75.9 Å². The summed E-state index contributed by atoms with van der Waals surface area (Å²) < 4.78 is 47.3. The first-order chi connectivity index (χ1) is 27.3. The second-order valence-corrected chi connectivity index (χ2v) is 16.6. The molecule has 3 aliphatic heterocycles. The number of piperazine rings is 1. The molecule has 1 atom stereocenters. The molecule has 7 rings (SSSR count). The number of likely N-dealkylation sites (tertiary alicyclic amines) is 1. The maximum absolute atomic E-state index is 14.3. The smallest absolute Gasteiger partial charge is 0.417 e. The van der Waals surface area contributed by atoms with Crippen molar-refractivity contribution < 1.29 is 41.9 Å². The van der Waals surface area contributed by atoms with Crippen molar-refractivity contribution in [1.29, 1.82) is 5.26 Å². The van der Waals surface area contributed by atoms with Gasteiger partial charge >= 0.3 is 6.18 Å². The highest BCUT2D eigenvalue weighted by Gasteiger charge is 2.68. The number of carbonyl (C=O) groups excluding carboxylic acids is 5. The zero-order valence-electron chi connectivity index (χ0n) is 32.6. The van der Waals surface area contributed by atoms with Gasteiger partial charge in [0.2, 0.25) is 11.8 Å². The maximum atomic E-state index is 14.3. The van der Waals surface area contributed by atoms with Gasteiger partial charge in [-0.1, -0.05) is 27.7 Å². The van der Waals surface area contributed by atoms with E-state index in [2.05, 4.69) is 14.8 Å². The Kier molecular flexibility index (Phi) is 10.3. The van der Waals surface area contributed by atoms with Crippen LogP contribution in [0.25, 0.3) is 0 Å². The van der Waals surface area contributed by atoms with Crippen molar-refractivity contribution in [1.82, 2.24) is 19.7 Å². The zero-order valence-corrected chi connectivity index (χ0v) is 32.6. The molecule has 1 aromatic heterocycles. The molecule has 0 spiro atoms. The van der Waals surface area contributed by atoms with Gasteiger partial charge in [0.25, 0.3) is 17.7 Å².